The molecule has 0 unspecified atom stereocenters. The highest BCUT2D eigenvalue weighted by Gasteiger charge is 2.36. The van der Waals surface area contributed by atoms with E-state index in [0.29, 0.717) is 27.1 Å². The van der Waals surface area contributed by atoms with Crippen molar-refractivity contribution in [2.24, 2.45) is 5.92 Å². The summed E-state index contributed by atoms with van der Waals surface area (Å²) in [5, 5.41) is 6.10. The zero-order valence-corrected chi connectivity index (χ0v) is 16.0. The first-order valence-corrected chi connectivity index (χ1v) is 9.03. The van der Waals surface area contributed by atoms with Crippen LogP contribution in [0.1, 0.15) is 13.3 Å². The first-order chi connectivity index (χ1) is 12.8. The minimum absolute atomic E-state index is 0.0959. The van der Waals surface area contributed by atoms with Crippen LogP contribution in [0.15, 0.2) is 42.5 Å². The van der Waals surface area contributed by atoms with Crippen molar-refractivity contribution in [1.29, 1.82) is 0 Å². The lowest BCUT2D eigenvalue weighted by Gasteiger charge is -2.18. The molecular formula is C19H17Cl2N3O3. The third kappa shape index (κ3) is 4.40. The molecule has 1 heterocycles. The second-order valence-electron chi connectivity index (χ2n) is 6.23. The first kappa shape index (κ1) is 19.2. The molecule has 2 aromatic rings. The molecule has 0 radical (unpaired) electrons. The van der Waals surface area contributed by atoms with Crippen LogP contribution in [0.3, 0.4) is 0 Å². The molecule has 2 N–H and O–H groups in total. The van der Waals surface area contributed by atoms with Crippen molar-refractivity contribution in [3.05, 3.63) is 52.5 Å². The number of benzene rings is 2. The first-order valence-electron chi connectivity index (χ1n) is 8.28. The molecular weight excluding hydrogens is 389 g/mol. The topological polar surface area (TPSA) is 78.5 Å². The Morgan fingerprint density at radius 2 is 1.67 bits per heavy atom. The number of rotatable bonds is 4. The molecule has 3 rings (SSSR count). The highest BCUT2D eigenvalue weighted by atomic mass is 35.5. The van der Waals surface area contributed by atoms with Crippen molar-refractivity contribution in [3.63, 3.8) is 0 Å². The average molecular weight is 406 g/mol. The Bertz CT molecular complexity index is 900. The Labute approximate surface area is 166 Å². The van der Waals surface area contributed by atoms with Crippen molar-refractivity contribution in [1.82, 2.24) is 0 Å². The van der Waals surface area contributed by atoms with E-state index in [1.54, 1.807) is 42.5 Å². The van der Waals surface area contributed by atoms with E-state index < -0.39 is 5.92 Å². The highest BCUT2D eigenvalue weighted by molar-refractivity contribution is 6.44. The van der Waals surface area contributed by atoms with Crippen LogP contribution in [0.4, 0.5) is 17.1 Å². The van der Waals surface area contributed by atoms with Gasteiger partial charge in [0.1, 0.15) is 0 Å². The van der Waals surface area contributed by atoms with E-state index in [1.165, 1.54) is 11.8 Å². The second kappa shape index (κ2) is 7.98. The third-order valence-electron chi connectivity index (χ3n) is 4.19. The van der Waals surface area contributed by atoms with Crippen molar-refractivity contribution in [2.45, 2.75) is 13.3 Å². The molecule has 140 valence electrons. The van der Waals surface area contributed by atoms with Gasteiger partial charge in [-0.3, -0.25) is 14.4 Å². The molecule has 27 heavy (non-hydrogen) atoms. The number of hydrogen-bond donors (Lipinski definition) is 2. The molecule has 1 atom stereocenters. The number of anilines is 3. The number of hydrogen-bond acceptors (Lipinski definition) is 3. The lowest BCUT2D eigenvalue weighted by molar-refractivity contribution is -0.122. The number of halogens is 2. The molecule has 0 aromatic heterocycles. The van der Waals surface area contributed by atoms with Gasteiger partial charge < -0.3 is 15.5 Å². The number of nitrogens with one attached hydrogen (secondary N) is 2. The Hall–Kier alpha value is -2.57. The van der Waals surface area contributed by atoms with Crippen molar-refractivity contribution in [2.75, 3.05) is 22.1 Å². The Kier molecular flexibility index (Phi) is 5.68. The van der Waals surface area contributed by atoms with Crippen molar-refractivity contribution < 1.29 is 14.4 Å². The molecule has 1 fully saturated rings. The maximum atomic E-state index is 12.5. The second-order valence-corrected chi connectivity index (χ2v) is 7.01. The summed E-state index contributed by atoms with van der Waals surface area (Å²) in [6.45, 7) is 1.65. The van der Waals surface area contributed by atoms with Gasteiger partial charge in [0, 0.05) is 31.3 Å². The molecule has 0 spiro atoms. The molecule has 8 heteroatoms. The normalized spacial score (nSPS) is 16.3. The summed E-state index contributed by atoms with van der Waals surface area (Å²) >= 11 is 12.2. The van der Waals surface area contributed by atoms with Gasteiger partial charge in [0.2, 0.25) is 17.7 Å². The van der Waals surface area contributed by atoms with Crippen LogP contribution in [0, 0.1) is 5.92 Å². The van der Waals surface area contributed by atoms with Gasteiger partial charge in [-0.15, -0.1) is 0 Å². The fraction of sp³-hybridized carbons (Fsp3) is 0.211. The maximum absolute atomic E-state index is 12.5. The van der Waals surface area contributed by atoms with E-state index in [9.17, 15) is 14.4 Å². The van der Waals surface area contributed by atoms with E-state index in [2.05, 4.69) is 10.6 Å². The van der Waals surface area contributed by atoms with Gasteiger partial charge in [-0.1, -0.05) is 29.3 Å². The summed E-state index contributed by atoms with van der Waals surface area (Å²) in [6.07, 6.45) is 0.0959. The van der Waals surface area contributed by atoms with E-state index in [0.717, 1.165) is 0 Å². The van der Waals surface area contributed by atoms with Gasteiger partial charge in [-0.2, -0.15) is 0 Å². The van der Waals surface area contributed by atoms with Crippen molar-refractivity contribution >= 4 is 58.0 Å². The average Bonchev–Trinajstić information content (AvgIpc) is 3.00. The summed E-state index contributed by atoms with van der Waals surface area (Å²) in [5.74, 6) is -1.10. The van der Waals surface area contributed by atoms with Crippen LogP contribution in [0.25, 0.3) is 0 Å². The Morgan fingerprint density at radius 1 is 1.04 bits per heavy atom. The van der Waals surface area contributed by atoms with E-state index >= 15 is 0 Å². The summed E-state index contributed by atoms with van der Waals surface area (Å²) in [5.41, 5.74) is 1.73. The maximum Gasteiger partial charge on any atom is 0.229 e. The van der Waals surface area contributed by atoms with Crippen LogP contribution >= 0.6 is 23.2 Å². The zero-order chi connectivity index (χ0) is 19.6. The molecule has 0 bridgehead atoms. The van der Waals surface area contributed by atoms with E-state index in [1.807, 2.05) is 0 Å². The molecule has 1 aliphatic heterocycles. The summed E-state index contributed by atoms with van der Waals surface area (Å²) < 4.78 is 0. The minimum Gasteiger partial charge on any atom is -0.326 e. The Balaban J connectivity index is 1.67. The Morgan fingerprint density at radius 3 is 2.30 bits per heavy atom. The lowest BCUT2D eigenvalue weighted by atomic mass is 10.1. The third-order valence-corrected chi connectivity index (χ3v) is 5.00. The van der Waals surface area contributed by atoms with Gasteiger partial charge in [0.25, 0.3) is 0 Å². The number of nitrogens with zero attached hydrogens (tertiary/aromatic N) is 1. The van der Waals surface area contributed by atoms with Gasteiger partial charge >= 0.3 is 0 Å². The lowest BCUT2D eigenvalue weighted by Crippen LogP contribution is -2.28. The van der Waals surface area contributed by atoms with Gasteiger partial charge in [-0.25, -0.2) is 0 Å². The number of carbonyl (C=O) groups is 3. The molecule has 1 saturated heterocycles. The minimum atomic E-state index is -0.498. The van der Waals surface area contributed by atoms with Crippen LogP contribution in [-0.4, -0.2) is 24.3 Å². The van der Waals surface area contributed by atoms with Gasteiger partial charge in [0.15, 0.2) is 0 Å². The quantitative estimate of drug-likeness (QED) is 0.807. The standard InChI is InChI=1S/C19H17Cl2N3O3/c1-11(25)22-13-5-7-14(8-6-13)23-19(27)12-9-17(26)24(10-12)16-4-2-3-15(20)18(16)21/h2-8,12H,9-10H2,1H3,(H,22,25)(H,23,27)/t12-/m0/s1. The molecule has 0 aliphatic carbocycles. The van der Waals surface area contributed by atoms with Crippen LogP contribution in [-0.2, 0) is 14.4 Å². The molecule has 1 aliphatic rings. The van der Waals surface area contributed by atoms with E-state index in [4.69, 9.17) is 23.2 Å². The highest BCUT2D eigenvalue weighted by Crippen LogP contribution is 2.35. The van der Waals surface area contributed by atoms with E-state index in [-0.39, 0.29) is 30.7 Å². The fourth-order valence-electron chi connectivity index (χ4n) is 2.90. The smallest absolute Gasteiger partial charge is 0.229 e. The predicted molar refractivity (Wildman–Crippen MR) is 106 cm³/mol. The van der Waals surface area contributed by atoms with Crippen LogP contribution in [0.5, 0.6) is 0 Å². The molecule has 0 saturated carbocycles. The summed E-state index contributed by atoms with van der Waals surface area (Å²) in [6, 6.07) is 11.8. The number of carbonyl (C=O) groups excluding carboxylic acids is 3. The SMILES string of the molecule is CC(=O)Nc1ccc(NC(=O)[C@H]2CC(=O)N(c3cccc(Cl)c3Cl)C2)cc1. The summed E-state index contributed by atoms with van der Waals surface area (Å²) in [4.78, 5) is 37.4. The number of amides is 3. The monoisotopic (exact) mass is 405 g/mol. The molecule has 2 aromatic carbocycles. The fourth-order valence-corrected chi connectivity index (χ4v) is 3.30. The van der Waals surface area contributed by atoms with Gasteiger partial charge in [-0.05, 0) is 36.4 Å². The van der Waals surface area contributed by atoms with Crippen LogP contribution in [0.2, 0.25) is 10.0 Å². The largest absolute Gasteiger partial charge is 0.326 e. The summed E-state index contributed by atoms with van der Waals surface area (Å²) in [7, 11) is 0. The predicted octanol–water partition coefficient (Wildman–Crippen LogP) is 3.94. The van der Waals surface area contributed by atoms with Crippen molar-refractivity contribution in [3.8, 4) is 0 Å². The molecule has 3 amide bonds. The van der Waals surface area contributed by atoms with Crippen LogP contribution < -0.4 is 15.5 Å². The molecule has 6 nitrogen and oxygen atoms in total. The zero-order valence-electron chi connectivity index (χ0n) is 14.5. The van der Waals surface area contributed by atoms with Gasteiger partial charge in [0.05, 0.1) is 21.7 Å².